The van der Waals surface area contributed by atoms with Gasteiger partial charge in [-0.2, -0.15) is 0 Å². The monoisotopic (exact) mass is 216 g/mol. The summed E-state index contributed by atoms with van der Waals surface area (Å²) >= 11 is 4.56. The van der Waals surface area contributed by atoms with Gasteiger partial charge in [-0.05, 0) is 0 Å². The van der Waals surface area contributed by atoms with Crippen molar-refractivity contribution >= 4 is 34.8 Å². The van der Waals surface area contributed by atoms with Crippen LogP contribution in [-0.2, 0) is 23.9 Å². The largest absolute Gasteiger partial charge is 0.465 e. The fourth-order valence-corrected chi connectivity index (χ4v) is 1.26. The van der Waals surface area contributed by atoms with Gasteiger partial charge in [0, 0.05) is 12.8 Å². The molecule has 1 fully saturated rings. The van der Waals surface area contributed by atoms with Gasteiger partial charge < -0.3 is 9.47 Å². The van der Waals surface area contributed by atoms with Crippen LogP contribution in [0.15, 0.2) is 0 Å². The summed E-state index contributed by atoms with van der Waals surface area (Å²) in [6, 6.07) is 0. The van der Waals surface area contributed by atoms with Crippen LogP contribution in [0.3, 0.4) is 0 Å². The smallest absolute Gasteiger partial charge is 0.352 e. The highest BCUT2D eigenvalue weighted by atomic mass is 32.1. The van der Waals surface area contributed by atoms with Gasteiger partial charge >= 0.3 is 11.9 Å². The third-order valence-electron chi connectivity index (χ3n) is 1.77. The first-order valence-corrected chi connectivity index (χ1v) is 4.33. The number of Topliss-reactive ketones (excluding diaryl/α,β-unsaturated/α-hetero) is 1. The van der Waals surface area contributed by atoms with Gasteiger partial charge in [-0.15, -0.1) is 0 Å². The second kappa shape index (κ2) is 4.28. The molecule has 0 aromatic heterocycles. The fraction of sp³-hybridized carbons (Fsp3) is 0.500. The number of esters is 2. The van der Waals surface area contributed by atoms with E-state index in [1.54, 1.807) is 0 Å². The molecule has 0 spiro atoms. The maximum atomic E-state index is 11.4. The van der Waals surface area contributed by atoms with Gasteiger partial charge in [0.25, 0.3) is 0 Å². The lowest BCUT2D eigenvalue weighted by atomic mass is 10.1. The molecule has 0 radical (unpaired) electrons. The molecule has 0 amide bonds. The predicted octanol–water partition coefficient (Wildman–Crippen LogP) is -0.196. The third-order valence-corrected chi connectivity index (χ3v) is 2.14. The zero-order valence-corrected chi connectivity index (χ0v) is 8.26. The molecule has 1 heterocycles. The van der Waals surface area contributed by atoms with Crippen molar-refractivity contribution in [1.29, 1.82) is 0 Å². The molecule has 0 aromatic carbocycles. The number of ether oxygens (including phenoxy) is 2. The molecular formula is C8H8O5S. The van der Waals surface area contributed by atoms with E-state index < -0.39 is 28.7 Å². The second-order valence-electron chi connectivity index (χ2n) is 2.70. The van der Waals surface area contributed by atoms with E-state index in [0.717, 1.165) is 7.11 Å². The van der Waals surface area contributed by atoms with Gasteiger partial charge in [-0.3, -0.25) is 9.59 Å². The standard InChI is InChI=1S/C8H8O5S/c1-12-8(11)7(14)6(10)4-2-3-5(9)13-4/h4H,2-3H2,1H3/t4-/m1/s1. The molecule has 76 valence electrons. The minimum atomic E-state index is -0.908. The Balaban J connectivity index is 2.62. The van der Waals surface area contributed by atoms with Crippen molar-refractivity contribution in [3.63, 3.8) is 0 Å². The number of cyclic esters (lactones) is 1. The SMILES string of the molecule is COC(=O)C(=S)C(=O)[C@H]1CCC(=O)O1. The number of thiocarbonyl (C=S) groups is 1. The molecule has 1 aliphatic rings. The Morgan fingerprint density at radius 2 is 2.21 bits per heavy atom. The predicted molar refractivity (Wildman–Crippen MR) is 48.7 cm³/mol. The van der Waals surface area contributed by atoms with Crippen molar-refractivity contribution in [2.75, 3.05) is 7.11 Å². The topological polar surface area (TPSA) is 69.7 Å². The third kappa shape index (κ3) is 2.14. The van der Waals surface area contributed by atoms with E-state index in [1.165, 1.54) is 0 Å². The first kappa shape index (κ1) is 10.8. The van der Waals surface area contributed by atoms with Crippen LogP contribution in [0.4, 0.5) is 0 Å². The van der Waals surface area contributed by atoms with E-state index in [9.17, 15) is 14.4 Å². The van der Waals surface area contributed by atoms with Gasteiger partial charge in [0.15, 0.2) is 11.0 Å². The van der Waals surface area contributed by atoms with Crippen LogP contribution in [0.5, 0.6) is 0 Å². The highest BCUT2D eigenvalue weighted by molar-refractivity contribution is 7.84. The van der Waals surface area contributed by atoms with Crippen molar-refractivity contribution in [3.05, 3.63) is 0 Å². The van der Waals surface area contributed by atoms with Crippen LogP contribution >= 0.6 is 12.2 Å². The van der Waals surface area contributed by atoms with E-state index in [2.05, 4.69) is 21.7 Å². The maximum absolute atomic E-state index is 11.4. The quantitative estimate of drug-likeness (QED) is 0.370. The summed E-state index contributed by atoms with van der Waals surface area (Å²) in [6.45, 7) is 0. The fourth-order valence-electron chi connectivity index (χ4n) is 1.05. The minimum Gasteiger partial charge on any atom is -0.465 e. The lowest BCUT2D eigenvalue weighted by Crippen LogP contribution is -2.32. The normalized spacial score (nSPS) is 20.1. The molecule has 5 nitrogen and oxygen atoms in total. The summed E-state index contributed by atoms with van der Waals surface area (Å²) in [5.41, 5.74) is 0. The van der Waals surface area contributed by atoms with Gasteiger partial charge in [0.05, 0.1) is 7.11 Å². The van der Waals surface area contributed by atoms with Gasteiger partial charge in [0.2, 0.25) is 5.78 Å². The van der Waals surface area contributed by atoms with Crippen LogP contribution in [-0.4, -0.2) is 35.8 Å². The molecule has 0 bridgehead atoms. The van der Waals surface area contributed by atoms with E-state index in [-0.39, 0.29) is 12.8 Å². The second-order valence-corrected chi connectivity index (χ2v) is 3.11. The van der Waals surface area contributed by atoms with Crippen molar-refractivity contribution in [1.82, 2.24) is 0 Å². The van der Waals surface area contributed by atoms with Crippen molar-refractivity contribution in [2.24, 2.45) is 0 Å². The molecule has 1 atom stereocenters. The summed E-state index contributed by atoms with van der Waals surface area (Å²) in [5.74, 6) is -1.97. The summed E-state index contributed by atoms with van der Waals surface area (Å²) < 4.78 is 8.93. The molecule has 0 saturated carbocycles. The molecule has 1 aliphatic heterocycles. The Labute approximate surface area is 85.4 Å². The van der Waals surface area contributed by atoms with Gasteiger partial charge in [0.1, 0.15) is 0 Å². The first-order chi connectivity index (χ1) is 6.56. The Hall–Kier alpha value is -1.30. The lowest BCUT2D eigenvalue weighted by Gasteiger charge is -2.06. The number of carbonyl (C=O) groups is 3. The molecule has 6 heteroatoms. The number of methoxy groups -OCH3 is 1. The van der Waals surface area contributed by atoms with Crippen LogP contribution in [0.2, 0.25) is 0 Å². The summed E-state index contributed by atoms with van der Waals surface area (Å²) in [7, 11) is 1.13. The number of ketones is 1. The van der Waals surface area contributed by atoms with E-state index >= 15 is 0 Å². The van der Waals surface area contributed by atoms with Crippen LogP contribution < -0.4 is 0 Å². The average Bonchev–Trinajstić information content (AvgIpc) is 2.61. The zero-order valence-electron chi connectivity index (χ0n) is 7.44. The van der Waals surface area contributed by atoms with Crippen LogP contribution in [0.1, 0.15) is 12.8 Å². The Morgan fingerprint density at radius 1 is 1.57 bits per heavy atom. The van der Waals surface area contributed by atoms with Crippen molar-refractivity contribution in [2.45, 2.75) is 18.9 Å². The molecule has 0 N–H and O–H groups in total. The molecule has 0 aliphatic carbocycles. The molecule has 1 rings (SSSR count). The summed E-state index contributed by atoms with van der Waals surface area (Å²) in [5, 5.41) is 0. The Bertz CT molecular complexity index is 309. The van der Waals surface area contributed by atoms with E-state index in [1.807, 2.05) is 0 Å². The number of hydrogen-bond acceptors (Lipinski definition) is 6. The van der Waals surface area contributed by atoms with Crippen LogP contribution in [0, 0.1) is 0 Å². The lowest BCUT2D eigenvalue weighted by molar-refractivity contribution is -0.146. The van der Waals surface area contributed by atoms with Crippen molar-refractivity contribution in [3.8, 4) is 0 Å². The summed E-state index contributed by atoms with van der Waals surface area (Å²) in [6.07, 6.45) is -0.455. The molecule has 0 unspecified atom stereocenters. The van der Waals surface area contributed by atoms with Crippen molar-refractivity contribution < 1.29 is 23.9 Å². The Morgan fingerprint density at radius 3 is 2.64 bits per heavy atom. The first-order valence-electron chi connectivity index (χ1n) is 3.92. The summed E-state index contributed by atoms with van der Waals surface area (Å²) in [4.78, 5) is 32.5. The zero-order chi connectivity index (χ0) is 10.7. The minimum absolute atomic E-state index is 0.181. The Kier molecular flexibility index (Phi) is 3.29. The maximum Gasteiger partial charge on any atom is 0.352 e. The molecular weight excluding hydrogens is 208 g/mol. The highest BCUT2D eigenvalue weighted by Crippen LogP contribution is 2.15. The van der Waals surface area contributed by atoms with E-state index in [0.29, 0.717) is 0 Å². The highest BCUT2D eigenvalue weighted by Gasteiger charge is 2.34. The molecule has 1 saturated heterocycles. The average molecular weight is 216 g/mol. The molecule has 14 heavy (non-hydrogen) atoms. The number of rotatable bonds is 3. The number of hydrogen-bond donors (Lipinski definition) is 0. The van der Waals surface area contributed by atoms with Gasteiger partial charge in [-0.1, -0.05) is 12.2 Å². The number of carbonyl (C=O) groups excluding carboxylic acids is 3. The molecule has 0 aromatic rings. The van der Waals surface area contributed by atoms with E-state index in [4.69, 9.17) is 0 Å². The van der Waals surface area contributed by atoms with Gasteiger partial charge in [-0.25, -0.2) is 4.79 Å². The van der Waals surface area contributed by atoms with Crippen LogP contribution in [0.25, 0.3) is 0 Å².